The van der Waals surface area contributed by atoms with Crippen LogP contribution in [0.15, 0.2) is 22.7 Å². The third kappa shape index (κ3) is 3.96. The van der Waals surface area contributed by atoms with Gasteiger partial charge in [0, 0.05) is 16.7 Å². The molecule has 2 rings (SSSR count). The van der Waals surface area contributed by atoms with Gasteiger partial charge in [0.15, 0.2) is 0 Å². The van der Waals surface area contributed by atoms with Crippen molar-refractivity contribution < 1.29 is 4.79 Å². The fraction of sp³-hybridized carbons (Fsp3) is 0.533. The highest BCUT2D eigenvalue weighted by molar-refractivity contribution is 9.10. The summed E-state index contributed by atoms with van der Waals surface area (Å²) < 4.78 is 0.812. The van der Waals surface area contributed by atoms with Crippen molar-refractivity contribution in [3.8, 4) is 0 Å². The van der Waals surface area contributed by atoms with Gasteiger partial charge < -0.3 is 11.1 Å². The summed E-state index contributed by atoms with van der Waals surface area (Å²) in [6.07, 6.45) is 1.17. The molecule has 1 fully saturated rings. The van der Waals surface area contributed by atoms with Crippen LogP contribution >= 0.6 is 15.9 Å². The summed E-state index contributed by atoms with van der Waals surface area (Å²) in [5.41, 5.74) is 7.13. The van der Waals surface area contributed by atoms with E-state index in [1.165, 1.54) is 6.42 Å². The number of hydrogen-bond donors (Lipinski definition) is 2. The van der Waals surface area contributed by atoms with Gasteiger partial charge in [0.2, 0.25) is 5.91 Å². The lowest BCUT2D eigenvalue weighted by atomic mass is 9.89. The third-order valence-electron chi connectivity index (χ3n) is 4.05. The molecule has 0 aromatic heterocycles. The zero-order valence-electron chi connectivity index (χ0n) is 12.0. The number of benzene rings is 1. The first kappa shape index (κ1) is 15.3. The van der Waals surface area contributed by atoms with Crippen molar-refractivity contribution >= 4 is 33.2 Å². The van der Waals surface area contributed by atoms with E-state index < -0.39 is 0 Å². The van der Waals surface area contributed by atoms with E-state index in [1.807, 2.05) is 6.07 Å². The molecule has 110 valence electrons. The Kier molecular flexibility index (Phi) is 5.05. The monoisotopic (exact) mass is 339 g/mol. The van der Waals surface area contributed by atoms with Crippen LogP contribution in [0.5, 0.6) is 0 Å². The zero-order chi connectivity index (χ0) is 14.7. The number of nitrogens with zero attached hydrogens (tertiary/aromatic N) is 1. The molecule has 1 aromatic rings. The van der Waals surface area contributed by atoms with Crippen LogP contribution in [0.4, 0.5) is 11.4 Å². The molecule has 2 atom stereocenters. The Morgan fingerprint density at radius 1 is 1.45 bits per heavy atom. The first-order chi connectivity index (χ1) is 9.45. The lowest BCUT2D eigenvalue weighted by Crippen LogP contribution is -2.42. The predicted octanol–water partition coefficient (Wildman–Crippen LogP) is 2.95. The molecule has 1 aliphatic heterocycles. The molecule has 0 bridgehead atoms. The summed E-state index contributed by atoms with van der Waals surface area (Å²) in [4.78, 5) is 14.3. The van der Waals surface area contributed by atoms with Crippen LogP contribution in [0.1, 0.15) is 20.3 Å². The van der Waals surface area contributed by atoms with E-state index in [9.17, 15) is 4.79 Å². The van der Waals surface area contributed by atoms with Crippen LogP contribution in [0.25, 0.3) is 0 Å². The predicted molar refractivity (Wildman–Crippen MR) is 86.6 cm³/mol. The van der Waals surface area contributed by atoms with Crippen LogP contribution in [0.2, 0.25) is 0 Å². The van der Waals surface area contributed by atoms with Crippen molar-refractivity contribution in [1.29, 1.82) is 0 Å². The summed E-state index contributed by atoms with van der Waals surface area (Å²) in [6, 6.07) is 5.39. The van der Waals surface area contributed by atoms with E-state index in [4.69, 9.17) is 5.73 Å². The van der Waals surface area contributed by atoms with Gasteiger partial charge in [0.25, 0.3) is 0 Å². The summed E-state index contributed by atoms with van der Waals surface area (Å²) in [5.74, 6) is 1.43. The number of hydrogen-bond acceptors (Lipinski definition) is 3. The molecule has 4 nitrogen and oxygen atoms in total. The quantitative estimate of drug-likeness (QED) is 0.832. The Morgan fingerprint density at radius 2 is 2.20 bits per heavy atom. The minimum Gasteiger partial charge on any atom is -0.399 e. The number of rotatable bonds is 3. The molecule has 5 heteroatoms. The first-order valence-electron chi connectivity index (χ1n) is 7.03. The number of carbonyl (C=O) groups is 1. The highest BCUT2D eigenvalue weighted by atomic mass is 79.9. The molecule has 2 unspecified atom stereocenters. The van der Waals surface area contributed by atoms with E-state index in [1.54, 1.807) is 12.1 Å². The second kappa shape index (κ2) is 6.59. The number of nitrogen functional groups attached to an aromatic ring is 1. The maximum Gasteiger partial charge on any atom is 0.238 e. The van der Waals surface area contributed by atoms with Crippen molar-refractivity contribution in [2.75, 3.05) is 30.7 Å². The van der Waals surface area contributed by atoms with Crippen LogP contribution in [0.3, 0.4) is 0 Å². The summed E-state index contributed by atoms with van der Waals surface area (Å²) in [5, 5.41) is 2.93. The molecule has 3 N–H and O–H groups in total. The Bertz CT molecular complexity index is 492. The van der Waals surface area contributed by atoms with Crippen LogP contribution in [0, 0.1) is 11.8 Å². The molecule has 0 saturated carbocycles. The average molecular weight is 340 g/mol. The Morgan fingerprint density at radius 3 is 2.85 bits per heavy atom. The molecule has 0 radical (unpaired) electrons. The van der Waals surface area contributed by atoms with Gasteiger partial charge >= 0.3 is 0 Å². The van der Waals surface area contributed by atoms with Crippen LogP contribution in [-0.4, -0.2) is 30.4 Å². The largest absolute Gasteiger partial charge is 0.399 e. The summed E-state index contributed by atoms with van der Waals surface area (Å²) >= 11 is 3.41. The van der Waals surface area contributed by atoms with Crippen molar-refractivity contribution in [3.05, 3.63) is 22.7 Å². The number of halogens is 1. The van der Waals surface area contributed by atoms with Crippen molar-refractivity contribution in [1.82, 2.24) is 4.90 Å². The number of carbonyl (C=O) groups excluding carboxylic acids is 1. The second-order valence-electron chi connectivity index (χ2n) is 5.77. The number of piperidine rings is 1. The molecular weight excluding hydrogens is 318 g/mol. The van der Waals surface area contributed by atoms with E-state index >= 15 is 0 Å². The van der Waals surface area contributed by atoms with Crippen LogP contribution in [-0.2, 0) is 4.79 Å². The Hall–Kier alpha value is -1.07. The minimum atomic E-state index is 0.0252. The molecule has 1 aliphatic rings. The van der Waals surface area contributed by atoms with Gasteiger partial charge in [0.05, 0.1) is 12.2 Å². The normalized spacial score (nSPS) is 23.6. The highest BCUT2D eigenvalue weighted by Gasteiger charge is 2.23. The molecule has 1 heterocycles. The van der Waals surface area contributed by atoms with Gasteiger partial charge in [0.1, 0.15) is 0 Å². The van der Waals surface area contributed by atoms with E-state index in [2.05, 4.69) is 40.0 Å². The van der Waals surface area contributed by atoms with Crippen LogP contribution < -0.4 is 11.1 Å². The molecule has 1 amide bonds. The molecule has 0 spiro atoms. The zero-order valence-corrected chi connectivity index (χ0v) is 13.6. The average Bonchev–Trinajstić information content (AvgIpc) is 2.37. The molecule has 1 saturated heterocycles. The number of likely N-dealkylation sites (tertiary alicyclic amines) is 1. The lowest BCUT2D eigenvalue weighted by molar-refractivity contribution is -0.117. The number of amides is 1. The molecule has 0 aliphatic carbocycles. The van der Waals surface area contributed by atoms with E-state index in [-0.39, 0.29) is 5.91 Å². The van der Waals surface area contributed by atoms with E-state index in [0.29, 0.717) is 18.2 Å². The fourth-order valence-corrected chi connectivity index (χ4v) is 3.01. The van der Waals surface area contributed by atoms with Gasteiger partial charge in [-0.1, -0.05) is 13.8 Å². The maximum absolute atomic E-state index is 12.1. The standard InChI is InChI=1S/C15H22BrN3O/c1-10-5-6-19(8-11(10)2)9-15(20)18-14-4-3-12(17)7-13(14)16/h3-4,7,10-11H,5-6,8-9,17H2,1-2H3,(H,18,20). The highest BCUT2D eigenvalue weighted by Crippen LogP contribution is 2.25. The van der Waals surface area contributed by atoms with Gasteiger partial charge in [-0.05, 0) is 58.9 Å². The first-order valence-corrected chi connectivity index (χ1v) is 7.82. The lowest BCUT2D eigenvalue weighted by Gasteiger charge is -2.34. The second-order valence-corrected chi connectivity index (χ2v) is 6.62. The van der Waals surface area contributed by atoms with E-state index in [0.717, 1.165) is 29.2 Å². The summed E-state index contributed by atoms with van der Waals surface area (Å²) in [7, 11) is 0. The number of anilines is 2. The van der Waals surface area contributed by atoms with Gasteiger partial charge in [-0.25, -0.2) is 0 Å². The van der Waals surface area contributed by atoms with Gasteiger partial charge in [-0.3, -0.25) is 9.69 Å². The Balaban J connectivity index is 1.89. The Labute approximate surface area is 128 Å². The molecular formula is C15H22BrN3O. The van der Waals surface area contributed by atoms with Crippen molar-refractivity contribution in [3.63, 3.8) is 0 Å². The van der Waals surface area contributed by atoms with Gasteiger partial charge in [-0.15, -0.1) is 0 Å². The molecule has 1 aromatic carbocycles. The SMILES string of the molecule is CC1CCN(CC(=O)Nc2ccc(N)cc2Br)CC1C. The number of nitrogens with one attached hydrogen (secondary N) is 1. The number of nitrogens with two attached hydrogens (primary N) is 1. The van der Waals surface area contributed by atoms with Gasteiger partial charge in [-0.2, -0.15) is 0 Å². The smallest absolute Gasteiger partial charge is 0.238 e. The molecule has 20 heavy (non-hydrogen) atoms. The maximum atomic E-state index is 12.1. The van der Waals surface area contributed by atoms with Crippen molar-refractivity contribution in [2.45, 2.75) is 20.3 Å². The minimum absolute atomic E-state index is 0.0252. The van der Waals surface area contributed by atoms with Crippen molar-refractivity contribution in [2.24, 2.45) is 11.8 Å². The summed E-state index contributed by atoms with van der Waals surface area (Å²) in [6.45, 7) is 6.99. The topological polar surface area (TPSA) is 58.4 Å². The fourth-order valence-electron chi connectivity index (χ4n) is 2.52. The third-order valence-corrected chi connectivity index (χ3v) is 4.71.